The molecule has 0 amide bonds. The predicted octanol–water partition coefficient (Wildman–Crippen LogP) is -1.20. The number of sulfone groups is 1. The first-order chi connectivity index (χ1) is 14.4. The summed E-state index contributed by atoms with van der Waals surface area (Å²) in [7, 11) is -2.90. The Hall–Kier alpha value is -1.92. The van der Waals surface area contributed by atoms with Crippen LogP contribution in [0, 0.1) is 5.92 Å². The number of nitrogens with one attached hydrogen (secondary N) is 1. The Balaban J connectivity index is 1.29. The minimum Gasteiger partial charge on any atom is -0.390 e. The van der Waals surface area contributed by atoms with Crippen molar-refractivity contribution in [2.24, 2.45) is 5.92 Å². The minimum atomic E-state index is -2.90. The fourth-order valence-electron chi connectivity index (χ4n) is 4.14. The largest absolute Gasteiger partial charge is 0.390 e. The quantitative estimate of drug-likeness (QED) is 0.489. The van der Waals surface area contributed by atoms with Gasteiger partial charge in [0.05, 0.1) is 29.4 Å². The highest BCUT2D eigenvalue weighted by Gasteiger charge is 2.41. The number of hydrogen-bond donors (Lipinski definition) is 3. The van der Waals surface area contributed by atoms with Crippen molar-refractivity contribution >= 4 is 9.84 Å². The standard InChI is InChI=1S/C19H28N6O4S/c26-18-15(8-17(19(18)27)21-10-14-2-1-3-20-9-14)11-25-13-16(22-23-25)12-24-4-6-30(28,29)7-5-24/h1-3,9,13,15,17-19,21,26-27H,4-8,10-12H2/t15-,17-,18-,19+/m1/s1. The van der Waals surface area contributed by atoms with E-state index in [1.165, 1.54) is 0 Å². The van der Waals surface area contributed by atoms with Gasteiger partial charge in [0, 0.05) is 63.3 Å². The van der Waals surface area contributed by atoms with Gasteiger partial charge in [-0.25, -0.2) is 8.42 Å². The molecule has 10 nitrogen and oxygen atoms in total. The molecule has 1 aliphatic heterocycles. The van der Waals surface area contributed by atoms with Crippen LogP contribution in [0.3, 0.4) is 0 Å². The molecule has 3 N–H and O–H groups in total. The Kier molecular flexibility index (Phi) is 6.44. The fraction of sp³-hybridized carbons (Fsp3) is 0.632. The summed E-state index contributed by atoms with van der Waals surface area (Å²) >= 11 is 0. The molecule has 1 saturated carbocycles. The highest BCUT2D eigenvalue weighted by molar-refractivity contribution is 7.91. The third-order valence-corrected chi connectivity index (χ3v) is 7.53. The first-order valence-corrected chi connectivity index (χ1v) is 12.0. The van der Waals surface area contributed by atoms with Gasteiger partial charge in [-0.05, 0) is 18.1 Å². The normalized spacial score (nSPS) is 29.3. The van der Waals surface area contributed by atoms with Gasteiger partial charge in [0.15, 0.2) is 9.84 Å². The van der Waals surface area contributed by atoms with Gasteiger partial charge in [0.2, 0.25) is 0 Å². The summed E-state index contributed by atoms with van der Waals surface area (Å²) in [6.07, 6.45) is 4.27. The van der Waals surface area contributed by atoms with Gasteiger partial charge >= 0.3 is 0 Å². The number of aliphatic hydroxyl groups excluding tert-OH is 2. The third-order valence-electron chi connectivity index (χ3n) is 5.92. The fourth-order valence-corrected chi connectivity index (χ4v) is 5.41. The first kappa shape index (κ1) is 21.3. The molecule has 0 radical (unpaired) electrons. The number of hydrogen-bond acceptors (Lipinski definition) is 9. The van der Waals surface area contributed by atoms with Crippen molar-refractivity contribution in [2.75, 3.05) is 24.6 Å². The van der Waals surface area contributed by atoms with Gasteiger partial charge in [-0.15, -0.1) is 5.10 Å². The molecule has 1 saturated heterocycles. The maximum atomic E-state index is 11.5. The Morgan fingerprint density at radius 2 is 2.00 bits per heavy atom. The highest BCUT2D eigenvalue weighted by Crippen LogP contribution is 2.28. The average molecular weight is 437 g/mol. The van der Waals surface area contributed by atoms with Crippen molar-refractivity contribution in [3.63, 3.8) is 0 Å². The Morgan fingerprint density at radius 1 is 1.20 bits per heavy atom. The van der Waals surface area contributed by atoms with Gasteiger partial charge < -0.3 is 15.5 Å². The summed E-state index contributed by atoms with van der Waals surface area (Å²) in [6, 6.07) is 3.62. The van der Waals surface area contributed by atoms with Crippen LogP contribution in [0.1, 0.15) is 17.7 Å². The molecule has 0 spiro atoms. The Morgan fingerprint density at radius 3 is 2.73 bits per heavy atom. The number of pyridine rings is 1. The molecule has 164 valence electrons. The van der Waals surface area contributed by atoms with Gasteiger partial charge in [-0.3, -0.25) is 14.6 Å². The van der Waals surface area contributed by atoms with Crippen molar-refractivity contribution in [3.05, 3.63) is 42.0 Å². The van der Waals surface area contributed by atoms with E-state index in [2.05, 4.69) is 25.5 Å². The molecule has 4 atom stereocenters. The van der Waals surface area contributed by atoms with E-state index in [0.29, 0.717) is 39.1 Å². The lowest BCUT2D eigenvalue weighted by Gasteiger charge is -2.25. The van der Waals surface area contributed by atoms with Crippen molar-refractivity contribution in [1.82, 2.24) is 30.2 Å². The van der Waals surface area contributed by atoms with E-state index in [1.54, 1.807) is 17.1 Å². The van der Waals surface area contributed by atoms with Crippen LogP contribution in [-0.2, 0) is 29.5 Å². The molecule has 11 heteroatoms. The van der Waals surface area contributed by atoms with E-state index >= 15 is 0 Å². The topological polar surface area (TPSA) is 133 Å². The predicted molar refractivity (Wildman–Crippen MR) is 109 cm³/mol. The SMILES string of the molecule is O=S1(=O)CCN(Cc2cn(C[C@H]3C[C@@H](NCc4cccnc4)[C@H](O)[C@@H]3O)nn2)CC1. The maximum absolute atomic E-state index is 11.5. The molecule has 4 rings (SSSR count). The van der Waals surface area contributed by atoms with E-state index in [1.807, 2.05) is 18.3 Å². The molecule has 1 aliphatic carbocycles. The van der Waals surface area contributed by atoms with Crippen LogP contribution in [0.4, 0.5) is 0 Å². The van der Waals surface area contributed by atoms with E-state index in [-0.39, 0.29) is 23.5 Å². The Labute approximate surface area is 175 Å². The van der Waals surface area contributed by atoms with Gasteiger partial charge in [-0.1, -0.05) is 11.3 Å². The smallest absolute Gasteiger partial charge is 0.152 e. The average Bonchev–Trinajstić information content (AvgIpc) is 3.28. The summed E-state index contributed by atoms with van der Waals surface area (Å²) in [4.78, 5) is 6.14. The lowest BCUT2D eigenvalue weighted by atomic mass is 10.1. The van der Waals surface area contributed by atoms with Crippen molar-refractivity contribution in [1.29, 1.82) is 0 Å². The molecule has 0 aromatic carbocycles. The molecular formula is C19H28N6O4S. The number of rotatable bonds is 7. The van der Waals surface area contributed by atoms with E-state index in [9.17, 15) is 18.6 Å². The Bertz CT molecular complexity index is 924. The number of aromatic nitrogens is 4. The summed E-state index contributed by atoms with van der Waals surface area (Å²) in [5.41, 5.74) is 1.79. The van der Waals surface area contributed by atoms with E-state index in [4.69, 9.17) is 0 Å². The van der Waals surface area contributed by atoms with Crippen LogP contribution in [0.15, 0.2) is 30.7 Å². The van der Waals surface area contributed by atoms with Crippen molar-refractivity contribution in [3.8, 4) is 0 Å². The van der Waals surface area contributed by atoms with Crippen LogP contribution in [0.25, 0.3) is 0 Å². The third kappa shape index (κ3) is 5.22. The lowest BCUT2D eigenvalue weighted by Crippen LogP contribution is -2.39. The van der Waals surface area contributed by atoms with Crippen LogP contribution in [-0.4, -0.2) is 86.4 Å². The molecule has 2 aliphatic rings. The van der Waals surface area contributed by atoms with E-state index < -0.39 is 22.0 Å². The maximum Gasteiger partial charge on any atom is 0.152 e. The zero-order valence-corrected chi connectivity index (χ0v) is 17.5. The van der Waals surface area contributed by atoms with Crippen LogP contribution < -0.4 is 5.32 Å². The van der Waals surface area contributed by atoms with Gasteiger partial charge in [-0.2, -0.15) is 0 Å². The second kappa shape index (κ2) is 9.06. The molecule has 0 bridgehead atoms. The van der Waals surface area contributed by atoms with Crippen LogP contribution >= 0.6 is 0 Å². The summed E-state index contributed by atoms with van der Waals surface area (Å²) < 4.78 is 24.8. The van der Waals surface area contributed by atoms with Crippen molar-refractivity contribution in [2.45, 2.75) is 44.3 Å². The molecule has 2 aromatic heterocycles. The highest BCUT2D eigenvalue weighted by atomic mass is 32.2. The monoisotopic (exact) mass is 436 g/mol. The van der Waals surface area contributed by atoms with Gasteiger partial charge in [0.1, 0.15) is 0 Å². The zero-order chi connectivity index (χ0) is 21.1. The lowest BCUT2D eigenvalue weighted by molar-refractivity contribution is 0.00722. The second-order valence-corrected chi connectivity index (χ2v) is 10.5. The summed E-state index contributed by atoms with van der Waals surface area (Å²) in [5, 5.41) is 32.5. The first-order valence-electron chi connectivity index (χ1n) is 10.2. The minimum absolute atomic E-state index is 0.138. The molecule has 2 fully saturated rings. The number of aliphatic hydroxyl groups is 2. The summed E-state index contributed by atoms with van der Waals surface area (Å²) in [6.45, 7) is 2.61. The van der Waals surface area contributed by atoms with Crippen LogP contribution in [0.2, 0.25) is 0 Å². The second-order valence-electron chi connectivity index (χ2n) is 8.19. The zero-order valence-electron chi connectivity index (χ0n) is 16.7. The van der Waals surface area contributed by atoms with E-state index in [0.717, 1.165) is 11.3 Å². The molecule has 2 aromatic rings. The molecule has 3 heterocycles. The summed E-state index contributed by atoms with van der Waals surface area (Å²) in [5.74, 6) is 0.225. The molecule has 0 unspecified atom stereocenters. The number of nitrogens with zero attached hydrogens (tertiary/aromatic N) is 5. The molecular weight excluding hydrogens is 408 g/mol. The van der Waals surface area contributed by atoms with Crippen molar-refractivity contribution < 1.29 is 18.6 Å². The van der Waals surface area contributed by atoms with Gasteiger partial charge in [0.25, 0.3) is 0 Å². The molecule has 30 heavy (non-hydrogen) atoms. The van der Waals surface area contributed by atoms with Crippen LogP contribution in [0.5, 0.6) is 0 Å².